The molecule has 1 unspecified atom stereocenters. The quantitative estimate of drug-likeness (QED) is 0.327. The fraction of sp³-hybridized carbons (Fsp3) is 0.267. The molecule has 190 valence electrons. The van der Waals surface area contributed by atoms with Crippen LogP contribution in [0.15, 0.2) is 79.4 Å². The Hall–Kier alpha value is -4.46. The van der Waals surface area contributed by atoms with Crippen LogP contribution in [0.3, 0.4) is 0 Å². The van der Waals surface area contributed by atoms with Gasteiger partial charge in [-0.3, -0.25) is 9.88 Å². The Morgan fingerprint density at radius 3 is 2.47 bits per heavy atom. The number of pyridine rings is 1. The van der Waals surface area contributed by atoms with Crippen molar-refractivity contribution in [2.24, 2.45) is 0 Å². The molecule has 0 bridgehead atoms. The van der Waals surface area contributed by atoms with Crippen molar-refractivity contribution >= 4 is 28.3 Å². The van der Waals surface area contributed by atoms with Gasteiger partial charge in [-0.2, -0.15) is 5.10 Å². The highest BCUT2D eigenvalue weighted by Gasteiger charge is 2.54. The first-order valence-corrected chi connectivity index (χ1v) is 12.9. The normalized spacial score (nSPS) is 18.7. The summed E-state index contributed by atoms with van der Waals surface area (Å²) in [6.07, 6.45) is 7.42. The second-order valence-corrected chi connectivity index (χ2v) is 11.0. The number of carbonyl (C=O) groups is 1. The molecule has 2 aliphatic heterocycles. The zero-order chi connectivity index (χ0) is 26.0. The standard InChI is InChI=1S/C30H28N6O2/c1-30(2,3)38-29(37)35-18-26-27(35)17-34(26)21-10-8-19(9-11-21)20-14-32-28-24(15-33-36(28)16-20)22-12-13-31-25-7-5-4-6-23(22)25/h4-16,26-27H,17-18H2,1-3H3/t26-,27?/m1/s1. The summed E-state index contributed by atoms with van der Waals surface area (Å²) >= 11 is 0. The van der Waals surface area contributed by atoms with Gasteiger partial charge in [0.1, 0.15) is 5.60 Å². The predicted molar refractivity (Wildman–Crippen MR) is 147 cm³/mol. The van der Waals surface area contributed by atoms with Crippen LogP contribution in [-0.2, 0) is 4.74 Å². The van der Waals surface area contributed by atoms with Gasteiger partial charge >= 0.3 is 6.09 Å². The molecule has 1 amide bonds. The summed E-state index contributed by atoms with van der Waals surface area (Å²) < 4.78 is 7.37. The number of benzene rings is 2. The number of nitrogens with zero attached hydrogens (tertiary/aromatic N) is 6. The number of amides is 1. The predicted octanol–water partition coefficient (Wildman–Crippen LogP) is 5.42. The van der Waals surface area contributed by atoms with Crippen molar-refractivity contribution in [2.45, 2.75) is 38.5 Å². The lowest BCUT2D eigenvalue weighted by Crippen LogP contribution is -2.80. The first kappa shape index (κ1) is 22.7. The van der Waals surface area contributed by atoms with E-state index >= 15 is 0 Å². The van der Waals surface area contributed by atoms with E-state index in [-0.39, 0.29) is 12.1 Å². The van der Waals surface area contributed by atoms with Gasteiger partial charge in [0.2, 0.25) is 0 Å². The molecule has 7 rings (SSSR count). The van der Waals surface area contributed by atoms with E-state index in [0.717, 1.165) is 45.3 Å². The SMILES string of the molecule is CC(C)(C)OC(=O)N1C[C@@H]2C1CN2c1ccc(-c2cnc3c(-c4ccnc5ccccc45)cnn3c2)cc1. The number of piperazine rings is 1. The lowest BCUT2D eigenvalue weighted by atomic mass is 9.85. The molecule has 2 aliphatic rings. The monoisotopic (exact) mass is 504 g/mol. The molecular formula is C30H28N6O2. The van der Waals surface area contributed by atoms with Gasteiger partial charge in [0.15, 0.2) is 5.65 Å². The number of hydrogen-bond acceptors (Lipinski definition) is 6. The van der Waals surface area contributed by atoms with Crippen LogP contribution in [0.5, 0.6) is 0 Å². The third-order valence-electron chi connectivity index (χ3n) is 7.47. The average Bonchev–Trinajstić information content (AvgIpc) is 3.32. The van der Waals surface area contributed by atoms with Crippen LogP contribution in [0, 0.1) is 0 Å². The van der Waals surface area contributed by atoms with Gasteiger partial charge in [0.25, 0.3) is 0 Å². The Labute approximate surface area is 220 Å². The Morgan fingerprint density at radius 2 is 1.71 bits per heavy atom. The van der Waals surface area contributed by atoms with Gasteiger partial charge in [-0.15, -0.1) is 0 Å². The highest BCUT2D eigenvalue weighted by Crippen LogP contribution is 2.39. The first-order valence-electron chi connectivity index (χ1n) is 12.9. The van der Waals surface area contributed by atoms with E-state index in [9.17, 15) is 4.79 Å². The summed E-state index contributed by atoms with van der Waals surface area (Å²) in [4.78, 5) is 25.8. The zero-order valence-electron chi connectivity index (χ0n) is 21.6. The maximum Gasteiger partial charge on any atom is 0.410 e. The number of hydrogen-bond donors (Lipinski definition) is 0. The van der Waals surface area contributed by atoms with Crippen molar-refractivity contribution in [1.29, 1.82) is 0 Å². The van der Waals surface area contributed by atoms with Crippen molar-refractivity contribution in [3.8, 4) is 22.3 Å². The molecule has 2 atom stereocenters. The number of aromatic nitrogens is 4. The van der Waals surface area contributed by atoms with Crippen molar-refractivity contribution in [3.05, 3.63) is 79.4 Å². The lowest BCUT2D eigenvalue weighted by Gasteiger charge is -2.62. The van der Waals surface area contributed by atoms with Crippen molar-refractivity contribution in [2.75, 3.05) is 18.0 Å². The van der Waals surface area contributed by atoms with Crippen LogP contribution >= 0.6 is 0 Å². The first-order chi connectivity index (χ1) is 18.4. The van der Waals surface area contributed by atoms with E-state index in [2.05, 4.69) is 45.3 Å². The third-order valence-corrected chi connectivity index (χ3v) is 7.47. The number of likely N-dealkylation sites (tertiary alicyclic amines) is 1. The Kier molecular flexibility index (Phi) is 4.95. The van der Waals surface area contributed by atoms with E-state index in [1.54, 1.807) is 0 Å². The van der Waals surface area contributed by atoms with E-state index in [1.807, 2.05) is 79.2 Å². The third kappa shape index (κ3) is 3.67. The van der Waals surface area contributed by atoms with Crippen LogP contribution < -0.4 is 4.90 Å². The van der Waals surface area contributed by atoms with Crippen molar-refractivity contribution in [3.63, 3.8) is 0 Å². The minimum atomic E-state index is -0.468. The molecule has 0 radical (unpaired) electrons. The number of fused-ring (bicyclic) bond motifs is 3. The molecule has 38 heavy (non-hydrogen) atoms. The highest BCUT2D eigenvalue weighted by atomic mass is 16.6. The van der Waals surface area contributed by atoms with Crippen molar-refractivity contribution < 1.29 is 9.53 Å². The molecule has 0 spiro atoms. The second-order valence-electron chi connectivity index (χ2n) is 11.0. The van der Waals surface area contributed by atoms with Gasteiger partial charge in [0.05, 0.1) is 23.8 Å². The molecule has 5 aromatic rings. The van der Waals surface area contributed by atoms with Crippen molar-refractivity contribution in [1.82, 2.24) is 24.5 Å². The summed E-state index contributed by atoms with van der Waals surface area (Å²) in [6, 6.07) is 19.3. The zero-order valence-corrected chi connectivity index (χ0v) is 21.6. The average molecular weight is 505 g/mol. The van der Waals surface area contributed by atoms with Crippen LogP contribution in [0.2, 0.25) is 0 Å². The van der Waals surface area contributed by atoms with Gasteiger partial charge in [-0.1, -0.05) is 30.3 Å². The molecule has 5 heterocycles. The van der Waals surface area contributed by atoms with E-state index in [0.29, 0.717) is 12.6 Å². The Morgan fingerprint density at radius 1 is 0.895 bits per heavy atom. The fourth-order valence-corrected chi connectivity index (χ4v) is 5.47. The molecule has 0 N–H and O–H groups in total. The smallest absolute Gasteiger partial charge is 0.410 e. The number of rotatable bonds is 3. The molecule has 2 saturated heterocycles. The van der Waals surface area contributed by atoms with Gasteiger partial charge < -0.3 is 9.64 Å². The molecule has 2 fully saturated rings. The van der Waals surface area contributed by atoms with E-state index in [4.69, 9.17) is 9.72 Å². The van der Waals surface area contributed by atoms with Crippen LogP contribution in [0.1, 0.15) is 20.8 Å². The van der Waals surface area contributed by atoms with Gasteiger partial charge in [-0.05, 0) is 56.2 Å². The Balaban J connectivity index is 1.08. The van der Waals surface area contributed by atoms with E-state index < -0.39 is 5.60 Å². The maximum atomic E-state index is 12.4. The molecule has 0 saturated carbocycles. The molecule has 2 aromatic carbocycles. The summed E-state index contributed by atoms with van der Waals surface area (Å²) in [6.45, 7) is 7.24. The van der Waals surface area contributed by atoms with Crippen LogP contribution in [-0.4, -0.2) is 61.3 Å². The second kappa shape index (κ2) is 8.28. The molecular weight excluding hydrogens is 476 g/mol. The minimum Gasteiger partial charge on any atom is -0.444 e. The van der Waals surface area contributed by atoms with Crippen LogP contribution in [0.25, 0.3) is 38.8 Å². The summed E-state index contributed by atoms with van der Waals surface area (Å²) in [7, 11) is 0. The highest BCUT2D eigenvalue weighted by molar-refractivity contribution is 5.97. The Bertz CT molecular complexity index is 1680. The molecule has 8 heteroatoms. The van der Waals surface area contributed by atoms with E-state index in [1.165, 1.54) is 5.69 Å². The molecule has 8 nitrogen and oxygen atoms in total. The minimum absolute atomic E-state index is 0.212. The van der Waals surface area contributed by atoms with Gasteiger partial charge in [-0.25, -0.2) is 14.3 Å². The molecule has 3 aromatic heterocycles. The topological polar surface area (TPSA) is 75.9 Å². The lowest BCUT2D eigenvalue weighted by molar-refractivity contribution is -0.0309. The molecule has 0 aliphatic carbocycles. The number of carbonyl (C=O) groups excluding carboxylic acids is 1. The number of para-hydroxylation sites is 1. The number of anilines is 1. The number of ether oxygens (including phenoxy) is 1. The largest absolute Gasteiger partial charge is 0.444 e. The summed E-state index contributed by atoms with van der Waals surface area (Å²) in [5.74, 6) is 0. The fourth-order valence-electron chi connectivity index (χ4n) is 5.47. The summed E-state index contributed by atoms with van der Waals surface area (Å²) in [5, 5.41) is 5.69. The maximum absolute atomic E-state index is 12.4. The van der Waals surface area contributed by atoms with Gasteiger partial charge in [0, 0.05) is 53.9 Å². The van der Waals surface area contributed by atoms with Crippen LogP contribution in [0.4, 0.5) is 10.5 Å². The summed E-state index contributed by atoms with van der Waals surface area (Å²) in [5.41, 5.74) is 6.60.